The highest BCUT2D eigenvalue weighted by atomic mass is 16.5. The van der Waals surface area contributed by atoms with Gasteiger partial charge in [-0.1, -0.05) is 58.3 Å². The number of aryl methyl sites for hydroxylation is 2. The predicted octanol–water partition coefficient (Wildman–Crippen LogP) is 4.70. The van der Waals surface area contributed by atoms with Crippen LogP contribution in [0.3, 0.4) is 0 Å². The van der Waals surface area contributed by atoms with Crippen molar-refractivity contribution < 1.29 is 9.53 Å². The van der Waals surface area contributed by atoms with Crippen molar-refractivity contribution in [3.8, 4) is 0 Å². The molecule has 5 heteroatoms. The Morgan fingerprint density at radius 3 is 2.42 bits per heavy atom. The lowest BCUT2D eigenvalue weighted by Crippen LogP contribution is -2.24. The standard InChI is InChI=1S/C19H35N3O2/c1-3-4-5-6-7-8-9-10-11-13-18-20-15-17-22(18)16-12-14-21-19(23)24-2/h15,17H,3-14,16H2,1-2H3,(H,21,23). The maximum absolute atomic E-state index is 11.0. The predicted molar refractivity (Wildman–Crippen MR) is 98.2 cm³/mol. The molecule has 1 aromatic heterocycles. The van der Waals surface area contributed by atoms with Crippen molar-refractivity contribution in [1.29, 1.82) is 0 Å². The SMILES string of the molecule is CCCCCCCCCCCc1nccn1CCCNC(=O)OC. The number of ether oxygens (including phenoxy) is 1. The number of hydrogen-bond acceptors (Lipinski definition) is 3. The van der Waals surface area contributed by atoms with Gasteiger partial charge in [-0.15, -0.1) is 0 Å². The number of carbonyl (C=O) groups excluding carboxylic acids is 1. The maximum Gasteiger partial charge on any atom is 0.406 e. The van der Waals surface area contributed by atoms with E-state index in [0.29, 0.717) is 6.54 Å². The first-order chi connectivity index (χ1) is 11.8. The number of imidazole rings is 1. The molecular weight excluding hydrogens is 302 g/mol. The van der Waals surface area contributed by atoms with E-state index in [1.54, 1.807) is 0 Å². The van der Waals surface area contributed by atoms with Gasteiger partial charge in [0.15, 0.2) is 0 Å². The number of hydrogen-bond donors (Lipinski definition) is 1. The van der Waals surface area contributed by atoms with Gasteiger partial charge in [-0.2, -0.15) is 0 Å². The molecule has 0 saturated heterocycles. The Kier molecular flexibility index (Phi) is 11.9. The molecule has 0 fully saturated rings. The Morgan fingerprint density at radius 1 is 1.08 bits per heavy atom. The van der Waals surface area contributed by atoms with Gasteiger partial charge >= 0.3 is 6.09 Å². The number of amides is 1. The Labute approximate surface area is 147 Å². The molecule has 0 radical (unpaired) electrons. The number of carbonyl (C=O) groups is 1. The molecule has 0 atom stereocenters. The monoisotopic (exact) mass is 337 g/mol. The summed E-state index contributed by atoms with van der Waals surface area (Å²) in [6.45, 7) is 3.78. The zero-order chi connectivity index (χ0) is 17.5. The second-order valence-electron chi connectivity index (χ2n) is 6.39. The van der Waals surface area contributed by atoms with Gasteiger partial charge in [0.05, 0.1) is 7.11 Å². The van der Waals surface area contributed by atoms with Crippen molar-refractivity contribution in [3.05, 3.63) is 18.2 Å². The van der Waals surface area contributed by atoms with Crippen molar-refractivity contribution in [1.82, 2.24) is 14.9 Å². The quantitative estimate of drug-likeness (QED) is 0.501. The fourth-order valence-electron chi connectivity index (χ4n) is 2.88. The minimum absolute atomic E-state index is 0.365. The zero-order valence-electron chi connectivity index (χ0n) is 15.6. The molecule has 1 N–H and O–H groups in total. The lowest BCUT2D eigenvalue weighted by molar-refractivity contribution is 0.171. The molecule has 1 rings (SSSR count). The Balaban J connectivity index is 2.05. The third kappa shape index (κ3) is 9.58. The van der Waals surface area contributed by atoms with Crippen LogP contribution < -0.4 is 5.32 Å². The molecule has 0 aliphatic carbocycles. The van der Waals surface area contributed by atoms with E-state index < -0.39 is 0 Å². The first-order valence-electron chi connectivity index (χ1n) is 9.59. The number of nitrogens with zero attached hydrogens (tertiary/aromatic N) is 2. The molecule has 0 aliphatic heterocycles. The van der Waals surface area contributed by atoms with E-state index in [-0.39, 0.29) is 6.09 Å². The van der Waals surface area contributed by atoms with Crippen molar-refractivity contribution >= 4 is 6.09 Å². The van der Waals surface area contributed by atoms with Crippen molar-refractivity contribution in [3.63, 3.8) is 0 Å². The molecule has 0 unspecified atom stereocenters. The smallest absolute Gasteiger partial charge is 0.406 e. The van der Waals surface area contributed by atoms with Crippen LogP contribution in [0.1, 0.15) is 77.0 Å². The van der Waals surface area contributed by atoms with Crippen LogP contribution in [0, 0.1) is 0 Å². The maximum atomic E-state index is 11.0. The average molecular weight is 338 g/mol. The molecule has 0 aromatic carbocycles. The van der Waals surface area contributed by atoms with Gasteiger partial charge < -0.3 is 14.6 Å². The zero-order valence-corrected chi connectivity index (χ0v) is 15.6. The van der Waals surface area contributed by atoms with Crippen LogP contribution in [0.2, 0.25) is 0 Å². The van der Waals surface area contributed by atoms with Crippen LogP contribution in [0.25, 0.3) is 0 Å². The topological polar surface area (TPSA) is 56.2 Å². The number of aromatic nitrogens is 2. The third-order valence-electron chi connectivity index (χ3n) is 4.34. The van der Waals surface area contributed by atoms with Crippen LogP contribution in [0.5, 0.6) is 0 Å². The second kappa shape index (κ2) is 13.9. The lowest BCUT2D eigenvalue weighted by Gasteiger charge is -2.08. The molecule has 1 aromatic rings. The highest BCUT2D eigenvalue weighted by Crippen LogP contribution is 2.11. The Bertz CT molecular complexity index is 432. The summed E-state index contributed by atoms with van der Waals surface area (Å²) in [6.07, 6.45) is 17.6. The van der Waals surface area contributed by atoms with E-state index in [0.717, 1.165) is 25.2 Å². The molecule has 1 amide bonds. The summed E-state index contributed by atoms with van der Waals surface area (Å²) in [5, 5.41) is 2.70. The summed E-state index contributed by atoms with van der Waals surface area (Å²) in [5.74, 6) is 1.16. The number of alkyl carbamates (subject to hydrolysis) is 1. The summed E-state index contributed by atoms with van der Waals surface area (Å²) >= 11 is 0. The average Bonchev–Trinajstić information content (AvgIpc) is 3.04. The van der Waals surface area contributed by atoms with E-state index in [9.17, 15) is 4.79 Å². The van der Waals surface area contributed by atoms with Gasteiger partial charge in [-0.25, -0.2) is 9.78 Å². The normalized spacial score (nSPS) is 10.8. The molecule has 5 nitrogen and oxygen atoms in total. The number of unbranched alkanes of at least 4 members (excludes halogenated alkanes) is 8. The molecule has 0 aliphatic rings. The summed E-state index contributed by atoms with van der Waals surface area (Å²) in [6, 6.07) is 0. The van der Waals surface area contributed by atoms with Crippen LogP contribution in [-0.2, 0) is 17.7 Å². The van der Waals surface area contributed by atoms with E-state index in [1.807, 2.05) is 12.4 Å². The van der Waals surface area contributed by atoms with Gasteiger partial charge in [0.1, 0.15) is 5.82 Å². The first kappa shape index (κ1) is 20.5. The van der Waals surface area contributed by atoms with Crippen molar-refractivity contribution in [2.45, 2.75) is 84.1 Å². The molecular formula is C19H35N3O2. The van der Waals surface area contributed by atoms with Gasteiger partial charge in [0, 0.05) is 31.9 Å². The van der Waals surface area contributed by atoms with Crippen LogP contribution >= 0.6 is 0 Å². The van der Waals surface area contributed by atoms with Gasteiger partial charge in [0.25, 0.3) is 0 Å². The van der Waals surface area contributed by atoms with E-state index >= 15 is 0 Å². The van der Waals surface area contributed by atoms with Crippen LogP contribution in [-0.4, -0.2) is 29.3 Å². The molecule has 1 heterocycles. The van der Waals surface area contributed by atoms with E-state index in [2.05, 4.69) is 26.5 Å². The van der Waals surface area contributed by atoms with Gasteiger partial charge in [-0.05, 0) is 12.8 Å². The number of nitrogens with one attached hydrogen (secondary N) is 1. The van der Waals surface area contributed by atoms with Crippen molar-refractivity contribution in [2.75, 3.05) is 13.7 Å². The molecule has 24 heavy (non-hydrogen) atoms. The minimum Gasteiger partial charge on any atom is -0.453 e. The lowest BCUT2D eigenvalue weighted by atomic mass is 10.1. The number of rotatable bonds is 14. The minimum atomic E-state index is -0.365. The Morgan fingerprint density at radius 2 is 1.75 bits per heavy atom. The molecule has 138 valence electrons. The van der Waals surface area contributed by atoms with Gasteiger partial charge in [0.2, 0.25) is 0 Å². The summed E-state index contributed by atoms with van der Waals surface area (Å²) in [7, 11) is 1.38. The van der Waals surface area contributed by atoms with E-state index in [1.165, 1.54) is 64.9 Å². The summed E-state index contributed by atoms with van der Waals surface area (Å²) in [5.41, 5.74) is 0. The summed E-state index contributed by atoms with van der Waals surface area (Å²) < 4.78 is 6.75. The molecule has 0 spiro atoms. The number of methoxy groups -OCH3 is 1. The fourth-order valence-corrected chi connectivity index (χ4v) is 2.88. The highest BCUT2D eigenvalue weighted by Gasteiger charge is 2.03. The largest absolute Gasteiger partial charge is 0.453 e. The fraction of sp³-hybridized carbons (Fsp3) is 0.789. The van der Waals surface area contributed by atoms with Gasteiger partial charge in [-0.3, -0.25) is 0 Å². The van der Waals surface area contributed by atoms with Crippen LogP contribution in [0.4, 0.5) is 4.79 Å². The molecule has 0 bridgehead atoms. The Hall–Kier alpha value is -1.52. The van der Waals surface area contributed by atoms with Crippen molar-refractivity contribution in [2.24, 2.45) is 0 Å². The molecule has 0 saturated carbocycles. The highest BCUT2D eigenvalue weighted by molar-refractivity contribution is 5.66. The summed E-state index contributed by atoms with van der Waals surface area (Å²) in [4.78, 5) is 15.5. The first-order valence-corrected chi connectivity index (χ1v) is 9.59. The second-order valence-corrected chi connectivity index (χ2v) is 6.39. The van der Waals surface area contributed by atoms with Crippen LogP contribution in [0.15, 0.2) is 12.4 Å². The third-order valence-corrected chi connectivity index (χ3v) is 4.34. The van der Waals surface area contributed by atoms with E-state index in [4.69, 9.17) is 0 Å².